The van der Waals surface area contributed by atoms with E-state index in [1.165, 1.54) is 30.7 Å². The van der Waals surface area contributed by atoms with Gasteiger partial charge in [-0.3, -0.25) is 0 Å². The maximum absolute atomic E-state index is 13.2. The number of carboxylic acid groups (broad SMARTS) is 1. The molecule has 1 aliphatic rings. The van der Waals surface area contributed by atoms with E-state index < -0.39 is 5.97 Å². The first-order valence-electron chi connectivity index (χ1n) is 9.14. The van der Waals surface area contributed by atoms with Crippen LogP contribution in [0, 0.1) is 5.82 Å². The van der Waals surface area contributed by atoms with E-state index in [1.807, 2.05) is 0 Å². The number of hydrogen-bond acceptors (Lipinski definition) is 3. The second-order valence-corrected chi connectivity index (χ2v) is 6.78. The number of nitrogens with one attached hydrogen (secondary N) is 1. The number of rotatable bonds is 6. The maximum atomic E-state index is 13.2. The van der Waals surface area contributed by atoms with E-state index in [-0.39, 0.29) is 30.2 Å². The lowest BCUT2D eigenvalue weighted by molar-refractivity contribution is 0.0660. The fourth-order valence-electron chi connectivity index (χ4n) is 3.40. The highest BCUT2D eigenvalue weighted by atomic mass is 19.1. The molecule has 1 aliphatic carbocycles. The van der Waals surface area contributed by atoms with E-state index in [9.17, 15) is 14.0 Å². The predicted octanol–water partition coefficient (Wildman–Crippen LogP) is 4.16. The quantitative estimate of drug-likeness (QED) is 0.795. The zero-order valence-electron chi connectivity index (χ0n) is 15.0. The Morgan fingerprint density at radius 1 is 1.11 bits per heavy atom. The van der Waals surface area contributed by atoms with Crippen LogP contribution >= 0.6 is 0 Å². The standard InChI is InChI=1S/C20H23FN2O4/c21-15-8-6-14(7-9-15)13-23(16-4-2-1-3-5-16)20(26)22-12-17-10-11-18(27-17)19(24)25/h6-11,16H,1-5,12-13H2,(H,22,26)(H,24,25). The second kappa shape index (κ2) is 8.70. The van der Waals surface area contributed by atoms with Crippen molar-refractivity contribution in [2.75, 3.05) is 0 Å². The normalized spacial score (nSPS) is 14.7. The summed E-state index contributed by atoms with van der Waals surface area (Å²) in [7, 11) is 0. The molecule has 0 atom stereocenters. The van der Waals surface area contributed by atoms with Gasteiger partial charge in [0.15, 0.2) is 0 Å². The summed E-state index contributed by atoms with van der Waals surface area (Å²) < 4.78 is 18.3. The number of carbonyl (C=O) groups is 2. The molecule has 3 rings (SSSR count). The van der Waals surface area contributed by atoms with E-state index in [2.05, 4.69) is 5.32 Å². The van der Waals surface area contributed by atoms with Gasteiger partial charge in [-0.2, -0.15) is 0 Å². The molecule has 144 valence electrons. The summed E-state index contributed by atoms with van der Waals surface area (Å²) in [5, 5.41) is 11.7. The number of carbonyl (C=O) groups excluding carboxylic acids is 1. The van der Waals surface area contributed by atoms with Gasteiger partial charge in [-0.1, -0.05) is 31.4 Å². The molecule has 1 heterocycles. The zero-order chi connectivity index (χ0) is 19.2. The van der Waals surface area contributed by atoms with E-state index in [0.717, 1.165) is 31.2 Å². The highest BCUT2D eigenvalue weighted by Crippen LogP contribution is 2.24. The van der Waals surface area contributed by atoms with Gasteiger partial charge < -0.3 is 19.7 Å². The fourth-order valence-corrected chi connectivity index (χ4v) is 3.40. The second-order valence-electron chi connectivity index (χ2n) is 6.78. The maximum Gasteiger partial charge on any atom is 0.371 e. The molecule has 7 heteroatoms. The molecule has 0 radical (unpaired) electrons. The minimum absolute atomic E-state index is 0.110. The Balaban J connectivity index is 1.67. The van der Waals surface area contributed by atoms with Gasteiger partial charge in [0.1, 0.15) is 11.6 Å². The molecule has 0 saturated heterocycles. The number of hydrogen-bond donors (Lipinski definition) is 2. The Kier molecular flexibility index (Phi) is 6.11. The smallest absolute Gasteiger partial charge is 0.371 e. The number of halogens is 1. The third-order valence-electron chi connectivity index (χ3n) is 4.83. The van der Waals surface area contributed by atoms with Crippen LogP contribution in [0.4, 0.5) is 9.18 Å². The molecule has 0 spiro atoms. The molecule has 6 nitrogen and oxygen atoms in total. The lowest BCUT2D eigenvalue weighted by Gasteiger charge is -2.34. The van der Waals surface area contributed by atoms with E-state index >= 15 is 0 Å². The number of nitrogens with zero attached hydrogens (tertiary/aromatic N) is 1. The van der Waals surface area contributed by atoms with Crippen LogP contribution < -0.4 is 5.32 Å². The van der Waals surface area contributed by atoms with Crippen molar-refractivity contribution in [1.82, 2.24) is 10.2 Å². The Morgan fingerprint density at radius 2 is 1.81 bits per heavy atom. The molecule has 0 unspecified atom stereocenters. The van der Waals surface area contributed by atoms with Crippen LogP contribution in [0.25, 0.3) is 0 Å². The van der Waals surface area contributed by atoms with E-state index in [0.29, 0.717) is 12.3 Å². The van der Waals surface area contributed by atoms with Crippen molar-refractivity contribution in [2.24, 2.45) is 0 Å². The van der Waals surface area contributed by atoms with Crippen molar-refractivity contribution in [3.63, 3.8) is 0 Å². The highest BCUT2D eigenvalue weighted by molar-refractivity contribution is 5.84. The Bertz CT molecular complexity index is 782. The minimum Gasteiger partial charge on any atom is -0.475 e. The van der Waals surface area contributed by atoms with Crippen LogP contribution in [-0.2, 0) is 13.1 Å². The van der Waals surface area contributed by atoms with Crippen LogP contribution in [0.5, 0.6) is 0 Å². The Labute approximate surface area is 157 Å². The van der Waals surface area contributed by atoms with Crippen LogP contribution in [0.2, 0.25) is 0 Å². The van der Waals surface area contributed by atoms with E-state index in [4.69, 9.17) is 9.52 Å². The number of furan rings is 1. The average Bonchev–Trinajstić information content (AvgIpc) is 3.16. The number of amides is 2. The lowest BCUT2D eigenvalue weighted by atomic mass is 9.94. The lowest BCUT2D eigenvalue weighted by Crippen LogP contribution is -2.46. The summed E-state index contributed by atoms with van der Waals surface area (Å²) in [4.78, 5) is 25.5. The summed E-state index contributed by atoms with van der Waals surface area (Å²) in [6.45, 7) is 0.508. The first-order valence-corrected chi connectivity index (χ1v) is 9.14. The topological polar surface area (TPSA) is 82.8 Å². The third kappa shape index (κ3) is 5.09. The van der Waals surface area contributed by atoms with Crippen molar-refractivity contribution in [3.8, 4) is 0 Å². The van der Waals surface area contributed by atoms with Gasteiger partial charge in [0.25, 0.3) is 0 Å². The fraction of sp³-hybridized carbons (Fsp3) is 0.400. The van der Waals surface area contributed by atoms with E-state index in [1.54, 1.807) is 17.0 Å². The molecule has 27 heavy (non-hydrogen) atoms. The first-order chi connectivity index (χ1) is 13.0. The number of urea groups is 1. The third-order valence-corrected chi connectivity index (χ3v) is 4.83. The first kappa shape index (κ1) is 18.9. The molecule has 1 aromatic heterocycles. The van der Waals surface area contributed by atoms with Crippen molar-refractivity contribution >= 4 is 12.0 Å². The molecule has 2 amide bonds. The largest absolute Gasteiger partial charge is 0.475 e. The van der Waals surface area contributed by atoms with Crippen LogP contribution in [0.3, 0.4) is 0 Å². The summed E-state index contributed by atoms with van der Waals surface area (Å²) >= 11 is 0. The highest BCUT2D eigenvalue weighted by Gasteiger charge is 2.25. The molecule has 0 bridgehead atoms. The minimum atomic E-state index is -1.15. The van der Waals surface area contributed by atoms with Gasteiger partial charge in [-0.25, -0.2) is 14.0 Å². The summed E-state index contributed by atoms with van der Waals surface area (Å²) in [6, 6.07) is 8.95. The van der Waals surface area contributed by atoms with Gasteiger partial charge in [0.2, 0.25) is 5.76 Å². The Morgan fingerprint density at radius 3 is 2.44 bits per heavy atom. The van der Waals surface area contributed by atoms with Gasteiger partial charge in [0, 0.05) is 12.6 Å². The van der Waals surface area contributed by atoms with Gasteiger partial charge in [-0.05, 0) is 42.7 Å². The monoisotopic (exact) mass is 374 g/mol. The SMILES string of the molecule is O=C(O)c1ccc(CNC(=O)N(Cc2ccc(F)cc2)C2CCCCC2)o1. The molecule has 1 saturated carbocycles. The van der Waals surface area contributed by atoms with Crippen LogP contribution in [0.1, 0.15) is 54.0 Å². The Hall–Kier alpha value is -2.83. The van der Waals surface area contributed by atoms with Crippen molar-refractivity contribution in [1.29, 1.82) is 0 Å². The number of benzene rings is 1. The summed E-state index contributed by atoms with van der Waals surface area (Å²) in [5.41, 5.74) is 0.864. The van der Waals surface area contributed by atoms with Gasteiger partial charge in [0.05, 0.1) is 6.54 Å². The number of aromatic carboxylic acids is 1. The molecule has 0 aliphatic heterocycles. The van der Waals surface area contributed by atoms with Crippen LogP contribution in [0.15, 0.2) is 40.8 Å². The van der Waals surface area contributed by atoms with Crippen molar-refractivity contribution in [3.05, 3.63) is 59.3 Å². The molecular weight excluding hydrogens is 351 g/mol. The van der Waals surface area contributed by atoms with Gasteiger partial charge in [-0.15, -0.1) is 0 Å². The molecular formula is C20H23FN2O4. The average molecular weight is 374 g/mol. The summed E-state index contributed by atoms with van der Waals surface area (Å²) in [5.74, 6) is -1.23. The van der Waals surface area contributed by atoms with Gasteiger partial charge >= 0.3 is 12.0 Å². The van der Waals surface area contributed by atoms with Crippen molar-refractivity contribution in [2.45, 2.75) is 51.2 Å². The zero-order valence-corrected chi connectivity index (χ0v) is 15.0. The summed E-state index contributed by atoms with van der Waals surface area (Å²) in [6.07, 6.45) is 5.22. The predicted molar refractivity (Wildman–Crippen MR) is 96.7 cm³/mol. The van der Waals surface area contributed by atoms with Crippen molar-refractivity contribution < 1.29 is 23.5 Å². The molecule has 1 aromatic carbocycles. The number of carboxylic acids is 1. The molecule has 1 fully saturated rings. The van der Waals surface area contributed by atoms with Crippen LogP contribution in [-0.4, -0.2) is 28.0 Å². The molecule has 2 aromatic rings. The molecule has 2 N–H and O–H groups in total.